The van der Waals surface area contributed by atoms with Crippen molar-refractivity contribution in [1.82, 2.24) is 5.32 Å². The second kappa shape index (κ2) is 8.30. The van der Waals surface area contributed by atoms with E-state index in [-0.39, 0.29) is 0 Å². The first-order chi connectivity index (χ1) is 8.22. The fourth-order valence-electron chi connectivity index (χ4n) is 1.97. The minimum absolute atomic E-state index is 0.753. The lowest BCUT2D eigenvalue weighted by Gasteiger charge is -2.07. The van der Waals surface area contributed by atoms with E-state index in [2.05, 4.69) is 50.4 Å². The SMILES string of the molecule is CCCc1ccc(CCCNCC(C)C)cc1. The number of hydrogen-bond acceptors (Lipinski definition) is 1. The lowest BCUT2D eigenvalue weighted by atomic mass is 10.0. The van der Waals surface area contributed by atoms with Crippen LogP contribution in [0.25, 0.3) is 0 Å². The van der Waals surface area contributed by atoms with Crippen LogP contribution in [0, 0.1) is 5.92 Å². The molecule has 0 aliphatic heterocycles. The molecule has 0 aromatic heterocycles. The first-order valence-electron chi connectivity index (χ1n) is 7.01. The van der Waals surface area contributed by atoms with E-state index in [1.807, 2.05) is 0 Å². The molecule has 0 aliphatic carbocycles. The largest absolute Gasteiger partial charge is 0.316 e. The molecule has 0 unspecified atom stereocenters. The summed E-state index contributed by atoms with van der Waals surface area (Å²) in [4.78, 5) is 0. The second-order valence-electron chi connectivity index (χ2n) is 5.27. The van der Waals surface area contributed by atoms with Gasteiger partial charge in [0, 0.05) is 0 Å². The summed E-state index contributed by atoms with van der Waals surface area (Å²) in [5.41, 5.74) is 2.94. The van der Waals surface area contributed by atoms with Gasteiger partial charge in [-0.3, -0.25) is 0 Å². The van der Waals surface area contributed by atoms with Crippen LogP contribution < -0.4 is 5.32 Å². The molecular weight excluding hydrogens is 206 g/mol. The zero-order chi connectivity index (χ0) is 12.5. The highest BCUT2D eigenvalue weighted by molar-refractivity contribution is 5.22. The summed E-state index contributed by atoms with van der Waals surface area (Å²) in [5.74, 6) is 0.753. The fraction of sp³-hybridized carbons (Fsp3) is 0.625. The third-order valence-electron chi connectivity index (χ3n) is 2.93. The quantitative estimate of drug-likeness (QED) is 0.673. The normalized spacial score (nSPS) is 11.1. The Morgan fingerprint density at radius 3 is 2.12 bits per heavy atom. The maximum absolute atomic E-state index is 3.49. The zero-order valence-electron chi connectivity index (χ0n) is 11.6. The number of hydrogen-bond donors (Lipinski definition) is 1. The summed E-state index contributed by atoms with van der Waals surface area (Å²) in [6.45, 7) is 9.00. The number of rotatable bonds is 8. The lowest BCUT2D eigenvalue weighted by Crippen LogP contribution is -2.21. The Bertz CT molecular complexity index is 287. The molecule has 0 amide bonds. The van der Waals surface area contributed by atoms with Gasteiger partial charge >= 0.3 is 0 Å². The number of benzene rings is 1. The molecule has 0 radical (unpaired) electrons. The van der Waals surface area contributed by atoms with Crippen molar-refractivity contribution in [1.29, 1.82) is 0 Å². The Hall–Kier alpha value is -0.820. The van der Waals surface area contributed by atoms with Crippen LogP contribution in [-0.2, 0) is 12.8 Å². The first-order valence-corrected chi connectivity index (χ1v) is 7.01. The number of aryl methyl sites for hydroxylation is 2. The van der Waals surface area contributed by atoms with Crippen LogP contribution in [-0.4, -0.2) is 13.1 Å². The third-order valence-corrected chi connectivity index (χ3v) is 2.93. The maximum atomic E-state index is 3.49. The summed E-state index contributed by atoms with van der Waals surface area (Å²) >= 11 is 0. The van der Waals surface area contributed by atoms with E-state index in [4.69, 9.17) is 0 Å². The molecule has 0 aliphatic rings. The monoisotopic (exact) mass is 233 g/mol. The van der Waals surface area contributed by atoms with Crippen LogP contribution in [0.15, 0.2) is 24.3 Å². The van der Waals surface area contributed by atoms with E-state index >= 15 is 0 Å². The molecule has 0 spiro atoms. The predicted molar refractivity (Wildman–Crippen MR) is 76.5 cm³/mol. The van der Waals surface area contributed by atoms with Crippen molar-refractivity contribution in [2.24, 2.45) is 5.92 Å². The highest BCUT2D eigenvalue weighted by Crippen LogP contribution is 2.08. The summed E-state index contributed by atoms with van der Waals surface area (Å²) < 4.78 is 0. The van der Waals surface area contributed by atoms with Crippen LogP contribution in [0.3, 0.4) is 0 Å². The van der Waals surface area contributed by atoms with Crippen molar-refractivity contribution < 1.29 is 0 Å². The molecular formula is C16H27N. The van der Waals surface area contributed by atoms with Crippen molar-refractivity contribution in [3.05, 3.63) is 35.4 Å². The summed E-state index contributed by atoms with van der Waals surface area (Å²) in [6, 6.07) is 9.13. The Balaban J connectivity index is 2.18. The van der Waals surface area contributed by atoms with E-state index in [0.717, 1.165) is 19.0 Å². The summed E-state index contributed by atoms with van der Waals surface area (Å²) in [7, 11) is 0. The third kappa shape index (κ3) is 6.48. The number of nitrogens with one attached hydrogen (secondary N) is 1. The minimum Gasteiger partial charge on any atom is -0.316 e. The summed E-state index contributed by atoms with van der Waals surface area (Å²) in [5, 5.41) is 3.49. The fourth-order valence-corrected chi connectivity index (χ4v) is 1.97. The van der Waals surface area contributed by atoms with Crippen molar-refractivity contribution in [3.8, 4) is 0 Å². The first kappa shape index (κ1) is 14.2. The van der Waals surface area contributed by atoms with Gasteiger partial charge in [0.15, 0.2) is 0 Å². The van der Waals surface area contributed by atoms with E-state index in [0.29, 0.717) is 0 Å². The van der Waals surface area contributed by atoms with Crippen molar-refractivity contribution >= 4 is 0 Å². The molecule has 1 N–H and O–H groups in total. The van der Waals surface area contributed by atoms with Gasteiger partial charge in [0.1, 0.15) is 0 Å². The highest BCUT2D eigenvalue weighted by atomic mass is 14.8. The Labute approximate surface area is 107 Å². The van der Waals surface area contributed by atoms with Crippen LogP contribution >= 0.6 is 0 Å². The van der Waals surface area contributed by atoms with Crippen LogP contribution in [0.5, 0.6) is 0 Å². The van der Waals surface area contributed by atoms with Crippen molar-refractivity contribution in [3.63, 3.8) is 0 Å². The predicted octanol–water partition coefficient (Wildman–Crippen LogP) is 3.82. The van der Waals surface area contributed by atoms with Crippen LogP contribution in [0.4, 0.5) is 0 Å². The zero-order valence-corrected chi connectivity index (χ0v) is 11.6. The molecule has 0 heterocycles. The Morgan fingerprint density at radius 2 is 1.59 bits per heavy atom. The molecule has 17 heavy (non-hydrogen) atoms. The van der Waals surface area contributed by atoms with Gasteiger partial charge in [0.05, 0.1) is 0 Å². The molecule has 1 rings (SSSR count). The van der Waals surface area contributed by atoms with Crippen LogP contribution in [0.2, 0.25) is 0 Å². The van der Waals surface area contributed by atoms with E-state index < -0.39 is 0 Å². The highest BCUT2D eigenvalue weighted by Gasteiger charge is 1.96. The molecule has 1 aromatic rings. The smallest absolute Gasteiger partial charge is 0.00258 e. The van der Waals surface area contributed by atoms with Gasteiger partial charge in [0.25, 0.3) is 0 Å². The van der Waals surface area contributed by atoms with Gasteiger partial charge in [-0.2, -0.15) is 0 Å². The van der Waals surface area contributed by atoms with Gasteiger partial charge in [-0.1, -0.05) is 51.5 Å². The lowest BCUT2D eigenvalue weighted by molar-refractivity contribution is 0.543. The van der Waals surface area contributed by atoms with Gasteiger partial charge in [-0.25, -0.2) is 0 Å². The van der Waals surface area contributed by atoms with Crippen molar-refractivity contribution in [2.45, 2.75) is 46.5 Å². The van der Waals surface area contributed by atoms with Gasteiger partial charge < -0.3 is 5.32 Å². The molecule has 0 saturated heterocycles. The van der Waals surface area contributed by atoms with E-state index in [1.54, 1.807) is 0 Å². The second-order valence-corrected chi connectivity index (χ2v) is 5.27. The average molecular weight is 233 g/mol. The molecule has 0 saturated carbocycles. The van der Waals surface area contributed by atoms with E-state index in [1.165, 1.54) is 36.8 Å². The molecule has 1 heteroatoms. The molecule has 0 atom stereocenters. The minimum atomic E-state index is 0.753. The standard InChI is InChI=1S/C16H27N/c1-4-6-15-8-10-16(11-9-15)7-5-12-17-13-14(2)3/h8-11,14,17H,4-7,12-13H2,1-3H3. The van der Waals surface area contributed by atoms with Gasteiger partial charge in [-0.15, -0.1) is 0 Å². The molecule has 1 nitrogen and oxygen atoms in total. The molecule has 0 fully saturated rings. The van der Waals surface area contributed by atoms with E-state index in [9.17, 15) is 0 Å². The molecule has 0 bridgehead atoms. The topological polar surface area (TPSA) is 12.0 Å². The Kier molecular flexibility index (Phi) is 6.95. The maximum Gasteiger partial charge on any atom is -0.00258 e. The van der Waals surface area contributed by atoms with Gasteiger partial charge in [0.2, 0.25) is 0 Å². The molecule has 96 valence electrons. The van der Waals surface area contributed by atoms with Gasteiger partial charge in [-0.05, 0) is 49.4 Å². The van der Waals surface area contributed by atoms with Crippen LogP contribution in [0.1, 0.15) is 44.7 Å². The average Bonchev–Trinajstić information content (AvgIpc) is 2.31. The Morgan fingerprint density at radius 1 is 1.00 bits per heavy atom. The molecule has 1 aromatic carbocycles. The van der Waals surface area contributed by atoms with Crippen molar-refractivity contribution in [2.75, 3.05) is 13.1 Å². The summed E-state index contributed by atoms with van der Waals surface area (Å²) in [6.07, 6.45) is 4.87.